The number of thioether (sulfide) groups is 1. The van der Waals surface area contributed by atoms with Crippen molar-refractivity contribution in [3.05, 3.63) is 69.3 Å². The number of rotatable bonds is 8. The van der Waals surface area contributed by atoms with Crippen molar-refractivity contribution in [1.82, 2.24) is 29.1 Å². The maximum atomic E-state index is 12.7. The molecule has 34 heavy (non-hydrogen) atoms. The number of benzene rings is 1. The molecule has 4 heterocycles. The summed E-state index contributed by atoms with van der Waals surface area (Å²) in [4.78, 5) is 41.7. The molecule has 0 aliphatic carbocycles. The van der Waals surface area contributed by atoms with E-state index in [-0.39, 0.29) is 0 Å². The lowest BCUT2D eigenvalue weighted by Crippen LogP contribution is -2.31. The first-order valence-corrected chi connectivity index (χ1v) is 12.2. The van der Waals surface area contributed by atoms with Gasteiger partial charge in [0, 0.05) is 18.5 Å². The predicted molar refractivity (Wildman–Crippen MR) is 132 cm³/mol. The van der Waals surface area contributed by atoms with Gasteiger partial charge < -0.3 is 8.98 Å². The predicted octanol–water partition coefficient (Wildman–Crippen LogP) is 4.20. The average Bonchev–Trinajstić information content (AvgIpc) is 3.50. The number of aromatic amines is 1. The van der Waals surface area contributed by atoms with Crippen molar-refractivity contribution in [2.45, 2.75) is 50.6 Å². The summed E-state index contributed by atoms with van der Waals surface area (Å²) < 4.78 is 8.95. The SMILES string of the molecule is CCCCn1c(=O)[nH]c(=O)c2c1nc(CSc1nc(-c3ccco3)nc3ccccc13)n2CC. The molecule has 10 heteroatoms. The van der Waals surface area contributed by atoms with E-state index in [0.29, 0.717) is 47.4 Å². The molecule has 0 saturated carbocycles. The van der Waals surface area contributed by atoms with Crippen molar-refractivity contribution in [2.24, 2.45) is 0 Å². The Morgan fingerprint density at radius 3 is 2.65 bits per heavy atom. The Morgan fingerprint density at radius 1 is 1.03 bits per heavy atom. The van der Waals surface area contributed by atoms with Crippen molar-refractivity contribution in [3.8, 4) is 11.6 Å². The first-order valence-electron chi connectivity index (χ1n) is 11.3. The van der Waals surface area contributed by atoms with E-state index in [0.717, 1.165) is 28.8 Å². The number of imidazole rings is 1. The molecule has 0 fully saturated rings. The molecular formula is C24H24N6O3S. The van der Waals surface area contributed by atoms with Crippen LogP contribution in [0, 0.1) is 0 Å². The highest BCUT2D eigenvalue weighted by Crippen LogP contribution is 2.31. The van der Waals surface area contributed by atoms with Gasteiger partial charge in [-0.15, -0.1) is 0 Å². The Hall–Kier alpha value is -3.66. The van der Waals surface area contributed by atoms with Crippen molar-refractivity contribution in [2.75, 3.05) is 0 Å². The summed E-state index contributed by atoms with van der Waals surface area (Å²) in [7, 11) is 0. The maximum absolute atomic E-state index is 12.7. The molecule has 5 rings (SSSR count). The van der Waals surface area contributed by atoms with Gasteiger partial charge in [-0.2, -0.15) is 0 Å². The second kappa shape index (κ2) is 9.30. The van der Waals surface area contributed by atoms with Gasteiger partial charge in [-0.25, -0.2) is 19.7 Å². The van der Waals surface area contributed by atoms with Crippen molar-refractivity contribution >= 4 is 33.8 Å². The highest BCUT2D eigenvalue weighted by atomic mass is 32.2. The van der Waals surface area contributed by atoms with Crippen LogP contribution >= 0.6 is 11.8 Å². The molecule has 0 radical (unpaired) electrons. The molecule has 0 aliphatic rings. The van der Waals surface area contributed by atoms with E-state index in [9.17, 15) is 9.59 Å². The summed E-state index contributed by atoms with van der Waals surface area (Å²) in [6, 6.07) is 11.5. The number of H-pyrrole nitrogens is 1. The highest BCUT2D eigenvalue weighted by Gasteiger charge is 2.19. The van der Waals surface area contributed by atoms with Crippen LogP contribution in [-0.2, 0) is 18.8 Å². The number of para-hydroxylation sites is 1. The summed E-state index contributed by atoms with van der Waals surface area (Å²) in [6.45, 7) is 5.09. The third kappa shape index (κ3) is 3.94. The molecule has 0 bridgehead atoms. The molecule has 0 atom stereocenters. The van der Waals surface area contributed by atoms with Gasteiger partial charge in [0.1, 0.15) is 10.9 Å². The van der Waals surface area contributed by atoms with Gasteiger partial charge in [0.15, 0.2) is 22.7 Å². The molecule has 4 aromatic heterocycles. The normalized spacial score (nSPS) is 11.6. The molecule has 1 aromatic carbocycles. The molecule has 0 saturated heterocycles. The van der Waals surface area contributed by atoms with Crippen LogP contribution in [0.1, 0.15) is 32.5 Å². The topological polar surface area (TPSA) is 112 Å². The lowest BCUT2D eigenvalue weighted by atomic mass is 10.2. The van der Waals surface area contributed by atoms with E-state index in [1.165, 1.54) is 11.8 Å². The average molecular weight is 477 g/mol. The molecule has 0 spiro atoms. The van der Waals surface area contributed by atoms with Gasteiger partial charge in [0.2, 0.25) is 0 Å². The number of nitrogens with zero attached hydrogens (tertiary/aromatic N) is 5. The monoisotopic (exact) mass is 476 g/mol. The van der Waals surface area contributed by atoms with Crippen LogP contribution in [0.3, 0.4) is 0 Å². The first-order chi connectivity index (χ1) is 16.6. The fourth-order valence-corrected chi connectivity index (χ4v) is 4.96. The number of aryl methyl sites for hydroxylation is 2. The fourth-order valence-electron chi connectivity index (χ4n) is 4.00. The zero-order chi connectivity index (χ0) is 23.7. The third-order valence-electron chi connectivity index (χ3n) is 5.66. The number of furan rings is 1. The van der Waals surface area contributed by atoms with Crippen LogP contribution < -0.4 is 11.2 Å². The van der Waals surface area contributed by atoms with Crippen LogP contribution in [0.4, 0.5) is 0 Å². The largest absolute Gasteiger partial charge is 0.461 e. The Bertz CT molecular complexity index is 1580. The number of nitrogens with one attached hydrogen (secondary N) is 1. The zero-order valence-electron chi connectivity index (χ0n) is 18.9. The van der Waals surface area contributed by atoms with Crippen LogP contribution in [0.5, 0.6) is 0 Å². The summed E-state index contributed by atoms with van der Waals surface area (Å²) in [5.74, 6) is 2.30. The molecule has 0 unspecified atom stereocenters. The quantitative estimate of drug-likeness (QED) is 0.264. The van der Waals surface area contributed by atoms with Gasteiger partial charge in [0.05, 0.1) is 17.5 Å². The Morgan fingerprint density at radius 2 is 1.88 bits per heavy atom. The minimum Gasteiger partial charge on any atom is -0.461 e. The van der Waals surface area contributed by atoms with Crippen LogP contribution in [0.25, 0.3) is 33.7 Å². The van der Waals surface area contributed by atoms with Crippen molar-refractivity contribution < 1.29 is 4.42 Å². The second-order valence-corrected chi connectivity index (χ2v) is 8.81. The molecular weight excluding hydrogens is 452 g/mol. The lowest BCUT2D eigenvalue weighted by molar-refractivity contribution is 0.577. The summed E-state index contributed by atoms with van der Waals surface area (Å²) in [6.07, 6.45) is 3.36. The number of hydrogen-bond acceptors (Lipinski definition) is 7. The fraction of sp³-hybridized carbons (Fsp3) is 0.292. The summed E-state index contributed by atoms with van der Waals surface area (Å²) in [5, 5.41) is 1.73. The Kier molecular flexibility index (Phi) is 6.06. The van der Waals surface area contributed by atoms with Crippen molar-refractivity contribution in [1.29, 1.82) is 0 Å². The van der Waals surface area contributed by atoms with Gasteiger partial charge in [-0.05, 0) is 31.5 Å². The van der Waals surface area contributed by atoms with E-state index in [2.05, 4.69) is 16.9 Å². The Balaban J connectivity index is 1.58. The molecule has 174 valence electrons. The molecule has 0 amide bonds. The van der Waals surface area contributed by atoms with Gasteiger partial charge in [-0.1, -0.05) is 43.3 Å². The summed E-state index contributed by atoms with van der Waals surface area (Å²) >= 11 is 1.52. The molecule has 0 aliphatic heterocycles. The van der Waals surface area contributed by atoms with E-state index in [1.54, 1.807) is 16.9 Å². The van der Waals surface area contributed by atoms with Gasteiger partial charge in [0.25, 0.3) is 5.56 Å². The minimum atomic E-state index is -0.421. The van der Waals surface area contributed by atoms with E-state index >= 15 is 0 Å². The highest BCUT2D eigenvalue weighted by molar-refractivity contribution is 7.98. The number of aromatic nitrogens is 6. The maximum Gasteiger partial charge on any atom is 0.330 e. The third-order valence-corrected chi connectivity index (χ3v) is 6.65. The van der Waals surface area contributed by atoms with Gasteiger partial charge >= 0.3 is 5.69 Å². The van der Waals surface area contributed by atoms with Crippen LogP contribution in [0.2, 0.25) is 0 Å². The Labute approximate surface area is 198 Å². The lowest BCUT2D eigenvalue weighted by Gasteiger charge is -2.08. The standard InChI is InChI=1S/C24H24N6O3S/c1-3-5-12-30-21-19(22(31)28-24(30)32)29(4-2)18(26-21)14-34-23-15-9-6-7-10-16(15)25-20(27-23)17-11-8-13-33-17/h6-11,13H,3-5,12,14H2,1-2H3,(H,28,31,32). The van der Waals surface area contributed by atoms with Crippen LogP contribution in [0.15, 0.2) is 61.7 Å². The number of unbranched alkanes of at least 4 members (excludes halogenated alkanes) is 1. The van der Waals surface area contributed by atoms with Crippen molar-refractivity contribution in [3.63, 3.8) is 0 Å². The number of hydrogen-bond donors (Lipinski definition) is 1. The molecule has 1 N–H and O–H groups in total. The van der Waals surface area contributed by atoms with E-state index < -0.39 is 11.2 Å². The minimum absolute atomic E-state index is 0.411. The van der Waals surface area contributed by atoms with Crippen LogP contribution in [-0.4, -0.2) is 29.1 Å². The van der Waals surface area contributed by atoms with Gasteiger partial charge in [-0.3, -0.25) is 14.3 Å². The molecule has 5 aromatic rings. The zero-order valence-corrected chi connectivity index (χ0v) is 19.8. The molecule has 9 nitrogen and oxygen atoms in total. The smallest absolute Gasteiger partial charge is 0.330 e. The second-order valence-electron chi connectivity index (χ2n) is 7.84. The summed E-state index contributed by atoms with van der Waals surface area (Å²) in [5.41, 5.74) is 0.850. The first kappa shape index (κ1) is 22.1. The van der Waals surface area contributed by atoms with E-state index in [1.807, 2.05) is 41.8 Å². The van der Waals surface area contributed by atoms with E-state index in [4.69, 9.17) is 14.4 Å². The number of fused-ring (bicyclic) bond motifs is 2.